The van der Waals surface area contributed by atoms with Crippen LogP contribution in [-0.4, -0.2) is 4.57 Å². The molecule has 0 aliphatic heterocycles. The Labute approximate surface area is 60.9 Å². The predicted octanol–water partition coefficient (Wildman–Crippen LogP) is -0.214. The maximum atomic E-state index is 12.6. The molecule has 4 nitrogen and oxygen atoms in total. The Hall–Kier alpha value is -1.39. The van der Waals surface area contributed by atoms with E-state index in [9.17, 15) is 14.0 Å². The Morgan fingerprint density at radius 1 is 1.45 bits per heavy atom. The molecule has 1 rings (SSSR count). The molecule has 0 amide bonds. The zero-order valence-corrected chi connectivity index (χ0v) is 6.05. The van der Waals surface area contributed by atoms with E-state index >= 15 is 0 Å². The van der Waals surface area contributed by atoms with E-state index in [0.717, 1.165) is 4.57 Å². The highest BCUT2D eigenvalue weighted by molar-refractivity contribution is 4.98. The van der Waals surface area contributed by atoms with Crippen molar-refractivity contribution < 1.29 is 8.81 Å². The molecule has 60 valence electrons. The first-order valence-electron chi connectivity index (χ1n) is 2.90. The number of halogens is 1. The fourth-order valence-corrected chi connectivity index (χ4v) is 0.624. The maximum absolute atomic E-state index is 12.6. The molecule has 0 bridgehead atoms. The second kappa shape index (κ2) is 2.34. The molecule has 5 heteroatoms. The number of nitrogens with zero attached hydrogens (tertiary/aromatic N) is 1. The van der Waals surface area contributed by atoms with Crippen molar-refractivity contribution in [2.45, 2.75) is 6.92 Å². The minimum Gasteiger partial charge on any atom is -0.370 e. The molecule has 1 aromatic heterocycles. The van der Waals surface area contributed by atoms with E-state index in [1.807, 2.05) is 0 Å². The molecule has 0 saturated carbocycles. The summed E-state index contributed by atoms with van der Waals surface area (Å²) in [6.07, 6.45) is 0. The van der Waals surface area contributed by atoms with Crippen LogP contribution >= 0.6 is 0 Å². The average molecular weight is 159 g/mol. The van der Waals surface area contributed by atoms with E-state index in [1.165, 1.54) is 14.0 Å². The Morgan fingerprint density at radius 3 is 2.55 bits per heavy atom. The summed E-state index contributed by atoms with van der Waals surface area (Å²) in [5.74, 6) is -1.87. The van der Waals surface area contributed by atoms with Gasteiger partial charge in [0, 0.05) is 7.05 Å². The monoisotopic (exact) mass is 159 g/mol. The van der Waals surface area contributed by atoms with Crippen LogP contribution in [-0.2, 0) is 7.05 Å². The molecule has 0 spiro atoms. The molecule has 0 radical (unpaired) electrons. The standard InChI is InChI=1S/C6H6FNO3/c1-3-4(7)5(9)11-6(10)8(3)2/h1-2H3. The van der Waals surface area contributed by atoms with Crippen molar-refractivity contribution in [2.75, 3.05) is 0 Å². The van der Waals surface area contributed by atoms with Crippen LogP contribution in [0.4, 0.5) is 4.39 Å². The molecule has 11 heavy (non-hydrogen) atoms. The second-order valence-electron chi connectivity index (χ2n) is 2.11. The molecule has 0 saturated heterocycles. The van der Waals surface area contributed by atoms with Gasteiger partial charge < -0.3 is 4.42 Å². The van der Waals surface area contributed by atoms with Crippen LogP contribution in [0.1, 0.15) is 5.69 Å². The first-order valence-corrected chi connectivity index (χ1v) is 2.90. The summed E-state index contributed by atoms with van der Waals surface area (Å²) in [4.78, 5) is 21.1. The predicted molar refractivity (Wildman–Crippen MR) is 34.9 cm³/mol. The van der Waals surface area contributed by atoms with Crippen LogP contribution in [0.3, 0.4) is 0 Å². The number of aromatic nitrogens is 1. The summed E-state index contributed by atoms with van der Waals surface area (Å²) in [5.41, 5.74) is -1.24. The van der Waals surface area contributed by atoms with Gasteiger partial charge in [0.1, 0.15) is 0 Å². The minimum absolute atomic E-state index is 0.0220. The van der Waals surface area contributed by atoms with Crippen LogP contribution in [0.25, 0.3) is 0 Å². The smallest absolute Gasteiger partial charge is 0.370 e. The van der Waals surface area contributed by atoms with Gasteiger partial charge in [-0.25, -0.2) is 9.59 Å². The molecule has 1 aromatic rings. The summed E-state index contributed by atoms with van der Waals surface area (Å²) >= 11 is 0. The van der Waals surface area contributed by atoms with E-state index in [4.69, 9.17) is 0 Å². The van der Waals surface area contributed by atoms with Crippen molar-refractivity contribution in [3.63, 3.8) is 0 Å². The molecule has 0 aromatic carbocycles. The maximum Gasteiger partial charge on any atom is 0.421 e. The summed E-state index contributed by atoms with van der Waals surface area (Å²) in [6.45, 7) is 1.33. The number of rotatable bonds is 0. The molecule has 0 atom stereocenters. The molecule has 0 aliphatic rings. The van der Waals surface area contributed by atoms with E-state index in [1.54, 1.807) is 0 Å². The first kappa shape index (κ1) is 7.71. The lowest BCUT2D eigenvalue weighted by molar-refractivity contribution is 0.369. The van der Waals surface area contributed by atoms with Gasteiger partial charge in [-0.1, -0.05) is 0 Å². The molecule has 1 heterocycles. The van der Waals surface area contributed by atoms with Gasteiger partial charge in [0.15, 0.2) is 0 Å². The third-order valence-electron chi connectivity index (χ3n) is 1.45. The number of hydrogen-bond acceptors (Lipinski definition) is 3. The van der Waals surface area contributed by atoms with Crippen molar-refractivity contribution in [1.82, 2.24) is 4.57 Å². The van der Waals surface area contributed by atoms with Crippen molar-refractivity contribution in [2.24, 2.45) is 7.05 Å². The summed E-state index contributed by atoms with van der Waals surface area (Å²) in [7, 11) is 1.32. The average Bonchev–Trinajstić information content (AvgIpc) is 1.97. The van der Waals surface area contributed by atoms with Crippen molar-refractivity contribution in [3.05, 3.63) is 32.5 Å². The van der Waals surface area contributed by atoms with E-state index in [2.05, 4.69) is 4.42 Å². The highest BCUT2D eigenvalue weighted by atomic mass is 19.1. The van der Waals surface area contributed by atoms with Crippen LogP contribution < -0.4 is 11.4 Å². The van der Waals surface area contributed by atoms with E-state index in [-0.39, 0.29) is 5.69 Å². The van der Waals surface area contributed by atoms with Crippen LogP contribution in [0.5, 0.6) is 0 Å². The molecule has 0 N–H and O–H groups in total. The highest BCUT2D eigenvalue weighted by Gasteiger charge is 2.08. The van der Waals surface area contributed by atoms with Gasteiger partial charge in [0.05, 0.1) is 5.69 Å². The molecular formula is C6H6FNO3. The molecule has 0 aliphatic carbocycles. The second-order valence-corrected chi connectivity index (χ2v) is 2.11. The summed E-state index contributed by atoms with van der Waals surface area (Å²) in [5, 5.41) is 0. The van der Waals surface area contributed by atoms with Crippen molar-refractivity contribution >= 4 is 0 Å². The topological polar surface area (TPSA) is 52.2 Å². The summed E-state index contributed by atoms with van der Waals surface area (Å²) in [6, 6.07) is 0. The lowest BCUT2D eigenvalue weighted by Gasteiger charge is -1.99. The first-order chi connectivity index (χ1) is 5.04. The van der Waals surface area contributed by atoms with E-state index in [0.29, 0.717) is 0 Å². The largest absolute Gasteiger partial charge is 0.421 e. The fraction of sp³-hybridized carbons (Fsp3) is 0.333. The Bertz CT molecular complexity index is 356. The van der Waals surface area contributed by atoms with Gasteiger partial charge in [0.25, 0.3) is 0 Å². The third kappa shape index (κ3) is 1.09. The SMILES string of the molecule is Cc1c(F)c(=O)oc(=O)n1C. The highest BCUT2D eigenvalue weighted by Crippen LogP contribution is 1.93. The Morgan fingerprint density at radius 2 is 2.00 bits per heavy atom. The quantitative estimate of drug-likeness (QED) is 0.526. The Kier molecular flexibility index (Phi) is 1.64. The third-order valence-corrected chi connectivity index (χ3v) is 1.45. The van der Waals surface area contributed by atoms with Gasteiger partial charge in [-0.2, -0.15) is 4.39 Å². The van der Waals surface area contributed by atoms with Crippen LogP contribution in [0, 0.1) is 12.7 Å². The van der Waals surface area contributed by atoms with Crippen molar-refractivity contribution in [1.29, 1.82) is 0 Å². The molecule has 0 unspecified atom stereocenters. The van der Waals surface area contributed by atoms with Gasteiger partial charge in [0.2, 0.25) is 5.82 Å². The lowest BCUT2D eigenvalue weighted by atomic mass is 10.4. The summed E-state index contributed by atoms with van der Waals surface area (Å²) < 4.78 is 17.5. The minimum atomic E-state index is -1.22. The van der Waals surface area contributed by atoms with Crippen LogP contribution in [0.2, 0.25) is 0 Å². The number of hydrogen-bond donors (Lipinski definition) is 0. The zero-order chi connectivity index (χ0) is 8.59. The molecule has 0 fully saturated rings. The van der Waals surface area contributed by atoms with Gasteiger partial charge >= 0.3 is 11.4 Å². The van der Waals surface area contributed by atoms with Crippen molar-refractivity contribution in [3.8, 4) is 0 Å². The Balaban J connectivity index is 3.73. The van der Waals surface area contributed by atoms with Crippen LogP contribution in [0.15, 0.2) is 14.0 Å². The lowest BCUT2D eigenvalue weighted by Crippen LogP contribution is -2.26. The van der Waals surface area contributed by atoms with Gasteiger partial charge in [-0.15, -0.1) is 0 Å². The van der Waals surface area contributed by atoms with Gasteiger partial charge in [-0.3, -0.25) is 4.57 Å². The zero-order valence-electron chi connectivity index (χ0n) is 6.05. The van der Waals surface area contributed by atoms with E-state index < -0.39 is 17.2 Å². The normalized spacial score (nSPS) is 10.1. The molecular weight excluding hydrogens is 153 g/mol. The van der Waals surface area contributed by atoms with Gasteiger partial charge in [-0.05, 0) is 6.92 Å². The fourth-order valence-electron chi connectivity index (χ4n) is 0.624.